The SMILES string of the molecule is Cc1ccccc1NC(=S)N1CC2CC2C1. The zero-order valence-electron chi connectivity index (χ0n) is 9.44. The van der Waals surface area contributed by atoms with Crippen molar-refractivity contribution in [2.24, 2.45) is 11.8 Å². The van der Waals surface area contributed by atoms with Gasteiger partial charge < -0.3 is 10.2 Å². The van der Waals surface area contributed by atoms with E-state index in [0.717, 1.165) is 35.7 Å². The van der Waals surface area contributed by atoms with E-state index in [1.54, 1.807) is 0 Å². The van der Waals surface area contributed by atoms with E-state index in [9.17, 15) is 0 Å². The molecular weight excluding hydrogens is 216 g/mol. The second kappa shape index (κ2) is 3.74. The van der Waals surface area contributed by atoms with Gasteiger partial charge in [0.2, 0.25) is 0 Å². The third-order valence-electron chi connectivity index (χ3n) is 3.65. The molecule has 0 aromatic heterocycles. The van der Waals surface area contributed by atoms with Crippen LogP contribution in [0.3, 0.4) is 0 Å². The third-order valence-corrected chi connectivity index (χ3v) is 4.01. The molecule has 1 aliphatic heterocycles. The van der Waals surface area contributed by atoms with Crippen LogP contribution < -0.4 is 5.32 Å². The van der Waals surface area contributed by atoms with Crippen molar-refractivity contribution in [2.45, 2.75) is 13.3 Å². The fourth-order valence-electron chi connectivity index (χ4n) is 2.47. The molecule has 2 atom stereocenters. The molecular formula is C13H16N2S. The van der Waals surface area contributed by atoms with Gasteiger partial charge in [0.15, 0.2) is 5.11 Å². The highest BCUT2D eigenvalue weighted by molar-refractivity contribution is 7.80. The van der Waals surface area contributed by atoms with Gasteiger partial charge in [0.1, 0.15) is 0 Å². The zero-order valence-corrected chi connectivity index (χ0v) is 10.3. The van der Waals surface area contributed by atoms with Crippen molar-refractivity contribution in [3.05, 3.63) is 29.8 Å². The van der Waals surface area contributed by atoms with E-state index >= 15 is 0 Å². The summed E-state index contributed by atoms with van der Waals surface area (Å²) in [6.45, 7) is 4.41. The van der Waals surface area contributed by atoms with Gasteiger partial charge in [-0.3, -0.25) is 0 Å². The molecule has 2 nitrogen and oxygen atoms in total. The van der Waals surface area contributed by atoms with Gasteiger partial charge in [0, 0.05) is 18.8 Å². The number of fused-ring (bicyclic) bond motifs is 1. The molecule has 0 spiro atoms. The summed E-state index contributed by atoms with van der Waals surface area (Å²) in [5.41, 5.74) is 2.38. The number of rotatable bonds is 1. The molecule has 0 bridgehead atoms. The molecule has 16 heavy (non-hydrogen) atoms. The van der Waals surface area contributed by atoms with E-state index in [-0.39, 0.29) is 0 Å². The van der Waals surface area contributed by atoms with Crippen molar-refractivity contribution in [3.8, 4) is 0 Å². The summed E-state index contributed by atoms with van der Waals surface area (Å²) >= 11 is 5.44. The van der Waals surface area contributed by atoms with Crippen LogP contribution in [-0.2, 0) is 0 Å². The molecule has 1 aromatic rings. The predicted molar refractivity (Wildman–Crippen MR) is 70.6 cm³/mol. The maximum atomic E-state index is 5.44. The number of nitrogens with zero attached hydrogens (tertiary/aromatic N) is 1. The molecule has 1 N–H and O–H groups in total. The van der Waals surface area contributed by atoms with Gasteiger partial charge in [-0.15, -0.1) is 0 Å². The lowest BCUT2D eigenvalue weighted by Gasteiger charge is -2.22. The summed E-state index contributed by atoms with van der Waals surface area (Å²) in [5.74, 6) is 1.85. The minimum atomic E-state index is 0.890. The smallest absolute Gasteiger partial charge is 0.173 e. The number of anilines is 1. The second-order valence-electron chi connectivity index (χ2n) is 4.91. The van der Waals surface area contributed by atoms with Crippen LogP contribution in [0.4, 0.5) is 5.69 Å². The number of thiocarbonyl (C=S) groups is 1. The lowest BCUT2D eigenvalue weighted by Crippen LogP contribution is -2.34. The number of benzene rings is 1. The summed E-state index contributed by atoms with van der Waals surface area (Å²) in [7, 11) is 0. The van der Waals surface area contributed by atoms with Crippen LogP contribution in [0.5, 0.6) is 0 Å². The molecule has 2 fully saturated rings. The molecule has 3 heteroatoms. The van der Waals surface area contributed by atoms with Crippen molar-refractivity contribution in [1.29, 1.82) is 0 Å². The van der Waals surface area contributed by atoms with Gasteiger partial charge in [0.25, 0.3) is 0 Å². The van der Waals surface area contributed by atoms with Gasteiger partial charge in [0.05, 0.1) is 0 Å². The molecule has 1 aliphatic carbocycles. The second-order valence-corrected chi connectivity index (χ2v) is 5.29. The van der Waals surface area contributed by atoms with Crippen LogP contribution in [-0.4, -0.2) is 23.1 Å². The summed E-state index contributed by atoms with van der Waals surface area (Å²) in [6.07, 6.45) is 1.42. The van der Waals surface area contributed by atoms with Gasteiger partial charge >= 0.3 is 0 Å². The fourth-order valence-corrected chi connectivity index (χ4v) is 2.73. The van der Waals surface area contributed by atoms with Gasteiger partial charge in [-0.25, -0.2) is 0 Å². The highest BCUT2D eigenvalue weighted by Gasteiger charge is 2.45. The molecule has 1 heterocycles. The Labute approximate surface area is 102 Å². The van der Waals surface area contributed by atoms with E-state index in [4.69, 9.17) is 12.2 Å². The Balaban J connectivity index is 1.66. The summed E-state index contributed by atoms with van der Waals surface area (Å²) < 4.78 is 0. The maximum Gasteiger partial charge on any atom is 0.173 e. The molecule has 2 unspecified atom stereocenters. The van der Waals surface area contributed by atoms with Crippen molar-refractivity contribution >= 4 is 23.0 Å². The maximum absolute atomic E-state index is 5.44. The Kier molecular flexibility index (Phi) is 2.36. The summed E-state index contributed by atoms with van der Waals surface area (Å²) in [5, 5.41) is 4.24. The van der Waals surface area contributed by atoms with E-state index in [1.807, 2.05) is 6.07 Å². The Morgan fingerprint density at radius 2 is 2.00 bits per heavy atom. The molecule has 1 saturated heterocycles. The number of likely N-dealkylation sites (tertiary alicyclic amines) is 1. The summed E-state index contributed by atoms with van der Waals surface area (Å²) in [4.78, 5) is 2.31. The number of piperidine rings is 1. The van der Waals surface area contributed by atoms with Crippen molar-refractivity contribution in [2.75, 3.05) is 18.4 Å². The van der Waals surface area contributed by atoms with Gasteiger partial charge in [-0.2, -0.15) is 0 Å². The number of hydrogen-bond acceptors (Lipinski definition) is 1. The Morgan fingerprint density at radius 3 is 2.69 bits per heavy atom. The Hall–Kier alpha value is -1.09. The largest absolute Gasteiger partial charge is 0.348 e. The molecule has 2 aliphatic rings. The Bertz CT molecular complexity index is 420. The van der Waals surface area contributed by atoms with E-state index in [0.29, 0.717) is 0 Å². The number of aryl methyl sites for hydroxylation is 1. The first kappa shape index (κ1) is 10.1. The average molecular weight is 232 g/mol. The normalized spacial score (nSPS) is 26.4. The van der Waals surface area contributed by atoms with Crippen molar-refractivity contribution in [1.82, 2.24) is 4.90 Å². The first-order chi connectivity index (χ1) is 7.74. The van der Waals surface area contributed by atoms with Crippen molar-refractivity contribution < 1.29 is 0 Å². The number of hydrogen-bond donors (Lipinski definition) is 1. The quantitative estimate of drug-likeness (QED) is 0.749. The minimum absolute atomic E-state index is 0.890. The number of para-hydroxylation sites is 1. The highest BCUT2D eigenvalue weighted by atomic mass is 32.1. The lowest BCUT2D eigenvalue weighted by atomic mass is 10.2. The van der Waals surface area contributed by atoms with E-state index in [2.05, 4.69) is 35.3 Å². The molecule has 84 valence electrons. The van der Waals surface area contributed by atoms with Crippen LogP contribution in [0.15, 0.2) is 24.3 Å². The third kappa shape index (κ3) is 1.80. The molecule has 0 radical (unpaired) electrons. The first-order valence-corrected chi connectivity index (χ1v) is 6.26. The van der Waals surface area contributed by atoms with Gasteiger partial charge in [-0.05, 0) is 49.0 Å². The van der Waals surface area contributed by atoms with Crippen LogP contribution >= 0.6 is 12.2 Å². The first-order valence-electron chi connectivity index (χ1n) is 5.85. The topological polar surface area (TPSA) is 15.3 Å². The van der Waals surface area contributed by atoms with E-state index < -0.39 is 0 Å². The average Bonchev–Trinajstić information content (AvgIpc) is 2.89. The molecule has 1 aromatic carbocycles. The van der Waals surface area contributed by atoms with Gasteiger partial charge in [-0.1, -0.05) is 18.2 Å². The van der Waals surface area contributed by atoms with Crippen LogP contribution in [0.25, 0.3) is 0 Å². The fraction of sp³-hybridized carbons (Fsp3) is 0.462. The molecule has 3 rings (SSSR count). The lowest BCUT2D eigenvalue weighted by molar-refractivity contribution is 0.468. The van der Waals surface area contributed by atoms with Crippen LogP contribution in [0.2, 0.25) is 0 Å². The monoisotopic (exact) mass is 232 g/mol. The Morgan fingerprint density at radius 1 is 1.31 bits per heavy atom. The predicted octanol–water partition coefficient (Wildman–Crippen LogP) is 2.64. The standard InChI is InChI=1S/C13H16N2S/c1-9-4-2-3-5-12(9)14-13(16)15-7-10-6-11(10)8-15/h2-5,10-11H,6-8H2,1H3,(H,14,16). The summed E-state index contributed by atoms with van der Waals surface area (Å²) in [6, 6.07) is 8.28. The van der Waals surface area contributed by atoms with Crippen LogP contribution in [0.1, 0.15) is 12.0 Å². The van der Waals surface area contributed by atoms with E-state index in [1.165, 1.54) is 12.0 Å². The van der Waals surface area contributed by atoms with Crippen molar-refractivity contribution in [3.63, 3.8) is 0 Å². The molecule has 0 amide bonds. The minimum Gasteiger partial charge on any atom is -0.348 e. The highest BCUT2D eigenvalue weighted by Crippen LogP contribution is 2.44. The van der Waals surface area contributed by atoms with Crippen LogP contribution in [0, 0.1) is 18.8 Å². The zero-order chi connectivity index (χ0) is 11.1. The molecule has 1 saturated carbocycles. The number of nitrogens with one attached hydrogen (secondary N) is 1.